The highest BCUT2D eigenvalue weighted by molar-refractivity contribution is 8.01. The lowest BCUT2D eigenvalue weighted by Gasteiger charge is -2.47. The summed E-state index contributed by atoms with van der Waals surface area (Å²) in [5, 5.41) is 0. The number of pyridine rings is 1. The molecule has 24 heavy (non-hydrogen) atoms. The van der Waals surface area contributed by atoms with Gasteiger partial charge in [-0.1, -0.05) is 0 Å². The lowest BCUT2D eigenvalue weighted by Crippen LogP contribution is -2.61. The third-order valence-electron chi connectivity index (χ3n) is 4.36. The Balaban J connectivity index is 1.33. The van der Waals surface area contributed by atoms with Crippen LogP contribution in [0.15, 0.2) is 36.9 Å². The maximum absolute atomic E-state index is 12.4. The minimum Gasteiger partial charge on any atom is -0.488 e. The normalized spacial score (nSPS) is 21.5. The van der Waals surface area contributed by atoms with Crippen LogP contribution in [0.4, 0.5) is 0 Å². The molecule has 0 radical (unpaired) electrons. The predicted octanol–water partition coefficient (Wildman–Crippen LogP) is 1.96. The summed E-state index contributed by atoms with van der Waals surface area (Å²) in [7, 11) is 0. The van der Waals surface area contributed by atoms with E-state index in [0.29, 0.717) is 5.69 Å². The number of carbonyl (C=O) groups excluding carboxylic acids is 1. The standard InChI is InChI=1S/C17H18N4O2S/c1-12-6-20-15(8-19-12)16(22)21-10-17(11-21)5-14(9-24-17)23-13-3-2-4-18-7-13/h2-4,6-8,14H,5,9-11H2,1H3. The van der Waals surface area contributed by atoms with Crippen molar-refractivity contribution in [2.75, 3.05) is 18.8 Å². The van der Waals surface area contributed by atoms with Gasteiger partial charge >= 0.3 is 0 Å². The molecule has 1 amide bonds. The first kappa shape index (κ1) is 15.4. The fourth-order valence-electron chi connectivity index (χ4n) is 3.17. The molecule has 1 spiro atoms. The van der Waals surface area contributed by atoms with E-state index in [1.807, 2.05) is 35.7 Å². The first-order valence-electron chi connectivity index (χ1n) is 7.92. The average Bonchev–Trinajstić information content (AvgIpc) is 2.99. The number of hydrogen-bond acceptors (Lipinski definition) is 6. The molecule has 124 valence electrons. The fourth-order valence-corrected chi connectivity index (χ4v) is 4.69. The Morgan fingerprint density at radius 3 is 2.92 bits per heavy atom. The topological polar surface area (TPSA) is 68.2 Å². The molecule has 2 aliphatic rings. The summed E-state index contributed by atoms with van der Waals surface area (Å²) in [6.45, 7) is 3.36. The summed E-state index contributed by atoms with van der Waals surface area (Å²) in [6.07, 6.45) is 7.79. The second-order valence-corrected chi connectivity index (χ2v) is 7.82. The van der Waals surface area contributed by atoms with Crippen molar-refractivity contribution >= 4 is 17.7 Å². The minimum absolute atomic E-state index is 0.0367. The van der Waals surface area contributed by atoms with Crippen molar-refractivity contribution in [2.45, 2.75) is 24.2 Å². The van der Waals surface area contributed by atoms with E-state index in [4.69, 9.17) is 4.74 Å². The third kappa shape index (κ3) is 2.96. The van der Waals surface area contributed by atoms with Gasteiger partial charge in [-0.05, 0) is 19.1 Å². The van der Waals surface area contributed by atoms with Crippen molar-refractivity contribution < 1.29 is 9.53 Å². The summed E-state index contributed by atoms with van der Waals surface area (Å²) in [6, 6.07) is 3.80. The minimum atomic E-state index is -0.0367. The number of amides is 1. The molecule has 2 aromatic rings. The van der Waals surface area contributed by atoms with E-state index in [2.05, 4.69) is 15.0 Å². The zero-order valence-electron chi connectivity index (χ0n) is 13.4. The number of hydrogen-bond donors (Lipinski definition) is 0. The molecule has 6 nitrogen and oxygen atoms in total. The number of rotatable bonds is 3. The number of aryl methyl sites for hydroxylation is 1. The van der Waals surface area contributed by atoms with Crippen molar-refractivity contribution in [3.05, 3.63) is 48.3 Å². The summed E-state index contributed by atoms with van der Waals surface area (Å²) < 4.78 is 6.12. The van der Waals surface area contributed by atoms with Crippen LogP contribution in [0.3, 0.4) is 0 Å². The van der Waals surface area contributed by atoms with E-state index in [0.717, 1.165) is 36.7 Å². The highest BCUT2D eigenvalue weighted by atomic mass is 32.2. The molecule has 2 aliphatic heterocycles. The summed E-state index contributed by atoms with van der Waals surface area (Å²) in [5.74, 6) is 1.72. The molecule has 0 saturated carbocycles. The van der Waals surface area contributed by atoms with Gasteiger partial charge in [0.1, 0.15) is 17.5 Å². The predicted molar refractivity (Wildman–Crippen MR) is 91.1 cm³/mol. The molecule has 0 N–H and O–H groups in total. The first-order valence-corrected chi connectivity index (χ1v) is 8.91. The summed E-state index contributed by atoms with van der Waals surface area (Å²) in [4.78, 5) is 26.7. The molecule has 1 atom stereocenters. The van der Waals surface area contributed by atoms with Crippen LogP contribution >= 0.6 is 11.8 Å². The molecule has 2 aromatic heterocycles. The van der Waals surface area contributed by atoms with Gasteiger partial charge in [0.15, 0.2) is 0 Å². The van der Waals surface area contributed by atoms with Crippen LogP contribution < -0.4 is 4.74 Å². The van der Waals surface area contributed by atoms with Crippen LogP contribution in [0.1, 0.15) is 22.6 Å². The molecule has 1 unspecified atom stereocenters. The van der Waals surface area contributed by atoms with Gasteiger partial charge in [-0.25, -0.2) is 4.98 Å². The van der Waals surface area contributed by atoms with E-state index in [1.165, 1.54) is 0 Å². The van der Waals surface area contributed by atoms with Crippen molar-refractivity contribution in [3.63, 3.8) is 0 Å². The first-order chi connectivity index (χ1) is 11.6. The zero-order valence-corrected chi connectivity index (χ0v) is 14.2. The van der Waals surface area contributed by atoms with E-state index < -0.39 is 0 Å². The van der Waals surface area contributed by atoms with Gasteiger partial charge in [0.2, 0.25) is 0 Å². The van der Waals surface area contributed by atoms with Crippen molar-refractivity contribution in [2.24, 2.45) is 0 Å². The summed E-state index contributed by atoms with van der Waals surface area (Å²) >= 11 is 1.90. The van der Waals surface area contributed by atoms with Gasteiger partial charge in [-0.2, -0.15) is 0 Å². The lowest BCUT2D eigenvalue weighted by atomic mass is 9.92. The van der Waals surface area contributed by atoms with Gasteiger partial charge in [0, 0.05) is 37.7 Å². The molecule has 4 heterocycles. The Bertz CT molecular complexity index is 732. The van der Waals surface area contributed by atoms with Crippen LogP contribution in [0.2, 0.25) is 0 Å². The Labute approximate surface area is 144 Å². The molecule has 0 aromatic carbocycles. The second-order valence-electron chi connectivity index (χ2n) is 6.33. The SMILES string of the molecule is Cc1cnc(C(=O)N2CC3(CC(Oc4cccnc4)CS3)C2)cn1. The van der Waals surface area contributed by atoms with Crippen LogP contribution in [-0.2, 0) is 0 Å². The van der Waals surface area contributed by atoms with Gasteiger partial charge in [-0.15, -0.1) is 11.8 Å². The molecule has 4 rings (SSSR count). The summed E-state index contributed by atoms with van der Waals surface area (Å²) in [5.41, 5.74) is 1.23. The number of nitrogens with zero attached hydrogens (tertiary/aromatic N) is 4. The smallest absolute Gasteiger partial charge is 0.274 e. The third-order valence-corrected chi connectivity index (χ3v) is 5.93. The molecule has 2 fully saturated rings. The van der Waals surface area contributed by atoms with Gasteiger partial charge in [0.25, 0.3) is 5.91 Å². The van der Waals surface area contributed by atoms with Crippen molar-refractivity contribution in [1.29, 1.82) is 0 Å². The van der Waals surface area contributed by atoms with E-state index in [9.17, 15) is 4.79 Å². The number of carbonyl (C=O) groups is 1. The monoisotopic (exact) mass is 342 g/mol. The number of thioether (sulfide) groups is 1. The van der Waals surface area contributed by atoms with Crippen LogP contribution in [0.25, 0.3) is 0 Å². The number of likely N-dealkylation sites (tertiary alicyclic amines) is 1. The van der Waals surface area contributed by atoms with Crippen molar-refractivity contribution in [1.82, 2.24) is 19.9 Å². The number of ether oxygens (including phenoxy) is 1. The Morgan fingerprint density at radius 2 is 2.21 bits per heavy atom. The second kappa shape index (κ2) is 6.05. The largest absolute Gasteiger partial charge is 0.488 e. The van der Waals surface area contributed by atoms with E-state index in [-0.39, 0.29) is 16.8 Å². The maximum atomic E-state index is 12.4. The van der Waals surface area contributed by atoms with Gasteiger partial charge in [-0.3, -0.25) is 14.8 Å². The van der Waals surface area contributed by atoms with Crippen LogP contribution in [0.5, 0.6) is 5.75 Å². The fraction of sp³-hybridized carbons (Fsp3) is 0.412. The molecule has 2 saturated heterocycles. The van der Waals surface area contributed by atoms with E-state index >= 15 is 0 Å². The Kier molecular flexibility index (Phi) is 3.88. The van der Waals surface area contributed by atoms with Gasteiger partial charge in [0.05, 0.1) is 22.8 Å². The molecular weight excluding hydrogens is 324 g/mol. The lowest BCUT2D eigenvalue weighted by molar-refractivity contribution is 0.0511. The van der Waals surface area contributed by atoms with Crippen LogP contribution in [-0.4, -0.2) is 55.5 Å². The van der Waals surface area contributed by atoms with Crippen molar-refractivity contribution in [3.8, 4) is 5.75 Å². The molecule has 0 bridgehead atoms. The quantitative estimate of drug-likeness (QED) is 0.849. The molecule has 7 heteroatoms. The Hall–Kier alpha value is -2.15. The molecule has 0 aliphatic carbocycles. The Morgan fingerprint density at radius 1 is 1.33 bits per heavy atom. The van der Waals surface area contributed by atoms with E-state index in [1.54, 1.807) is 24.8 Å². The number of aromatic nitrogens is 3. The highest BCUT2D eigenvalue weighted by Gasteiger charge is 2.51. The van der Waals surface area contributed by atoms with Crippen LogP contribution in [0, 0.1) is 6.92 Å². The molecular formula is C17H18N4O2S. The highest BCUT2D eigenvalue weighted by Crippen LogP contribution is 2.46. The average molecular weight is 342 g/mol. The maximum Gasteiger partial charge on any atom is 0.274 e. The zero-order chi connectivity index (χ0) is 16.6. The van der Waals surface area contributed by atoms with Gasteiger partial charge < -0.3 is 9.64 Å².